The summed E-state index contributed by atoms with van der Waals surface area (Å²) in [6.45, 7) is 1.38. The Morgan fingerprint density at radius 2 is 1.91 bits per heavy atom. The van der Waals surface area contributed by atoms with Gasteiger partial charge in [0.25, 0.3) is 5.91 Å². The summed E-state index contributed by atoms with van der Waals surface area (Å²) in [6, 6.07) is 12.5. The van der Waals surface area contributed by atoms with Crippen LogP contribution < -0.4 is 5.32 Å². The van der Waals surface area contributed by atoms with E-state index in [1.165, 1.54) is 6.07 Å². The lowest BCUT2D eigenvalue weighted by Gasteiger charge is -2.14. The molecule has 0 aliphatic rings. The number of nitrogens with one attached hydrogen (secondary N) is 1. The zero-order chi connectivity index (χ0) is 16.8. The number of carbonyl (C=O) groups excluding carboxylic acids is 2. The fraction of sp³-hybridized carbons (Fsp3) is 0.176. The predicted octanol–water partition coefficient (Wildman–Crippen LogP) is 3.51. The summed E-state index contributed by atoms with van der Waals surface area (Å²) in [5.74, 6) is -1.77. The third kappa shape index (κ3) is 4.79. The van der Waals surface area contributed by atoms with Crippen LogP contribution in [0.1, 0.15) is 28.9 Å². The highest BCUT2D eigenvalue weighted by Gasteiger charge is 2.15. The summed E-state index contributed by atoms with van der Waals surface area (Å²) in [6.07, 6.45) is 0. The summed E-state index contributed by atoms with van der Waals surface area (Å²) in [7, 11) is 0. The molecule has 1 atom stereocenters. The van der Waals surface area contributed by atoms with Gasteiger partial charge in [-0.2, -0.15) is 0 Å². The van der Waals surface area contributed by atoms with Crippen molar-refractivity contribution >= 4 is 23.5 Å². The number of carbonyl (C=O) groups is 2. The molecule has 0 saturated carbocycles. The lowest BCUT2D eigenvalue weighted by molar-refractivity contribution is -0.124. The van der Waals surface area contributed by atoms with Crippen LogP contribution in [0.4, 0.5) is 4.39 Å². The van der Waals surface area contributed by atoms with Crippen molar-refractivity contribution in [3.8, 4) is 0 Å². The van der Waals surface area contributed by atoms with Gasteiger partial charge in [0.2, 0.25) is 0 Å². The lowest BCUT2D eigenvalue weighted by Crippen LogP contribution is -2.31. The van der Waals surface area contributed by atoms with Crippen LogP contribution in [0.3, 0.4) is 0 Å². The standard InChI is InChI=1S/C17H15ClFNO3/c1-11(12-5-3-2-4-6-12)20-16(21)10-23-17(22)14-8-7-13(19)9-15(14)18/h2-9,11H,10H2,1H3,(H,20,21)/t11-/m0/s1. The van der Waals surface area contributed by atoms with E-state index in [4.69, 9.17) is 16.3 Å². The predicted molar refractivity (Wildman–Crippen MR) is 84.7 cm³/mol. The van der Waals surface area contributed by atoms with Gasteiger partial charge in [0, 0.05) is 0 Å². The Morgan fingerprint density at radius 1 is 1.22 bits per heavy atom. The van der Waals surface area contributed by atoms with Gasteiger partial charge in [-0.3, -0.25) is 4.79 Å². The Morgan fingerprint density at radius 3 is 2.57 bits per heavy atom. The molecule has 0 aliphatic heterocycles. The van der Waals surface area contributed by atoms with E-state index in [9.17, 15) is 14.0 Å². The summed E-state index contributed by atoms with van der Waals surface area (Å²) >= 11 is 5.76. The van der Waals surface area contributed by atoms with Crippen LogP contribution in [-0.4, -0.2) is 18.5 Å². The maximum absolute atomic E-state index is 12.9. The van der Waals surface area contributed by atoms with E-state index in [1.54, 1.807) is 0 Å². The smallest absolute Gasteiger partial charge is 0.340 e. The van der Waals surface area contributed by atoms with Gasteiger partial charge in [-0.15, -0.1) is 0 Å². The topological polar surface area (TPSA) is 55.4 Å². The molecule has 0 aliphatic carbocycles. The van der Waals surface area contributed by atoms with Crippen molar-refractivity contribution in [3.05, 3.63) is 70.5 Å². The van der Waals surface area contributed by atoms with Crippen molar-refractivity contribution < 1.29 is 18.7 Å². The number of esters is 1. The molecule has 2 aromatic rings. The molecule has 6 heteroatoms. The van der Waals surface area contributed by atoms with Crippen LogP contribution in [0.2, 0.25) is 5.02 Å². The number of benzene rings is 2. The molecule has 0 aromatic heterocycles. The van der Waals surface area contributed by atoms with Gasteiger partial charge in [-0.1, -0.05) is 41.9 Å². The average molecular weight is 336 g/mol. The van der Waals surface area contributed by atoms with Crippen molar-refractivity contribution in [1.29, 1.82) is 0 Å². The molecule has 0 unspecified atom stereocenters. The highest BCUT2D eigenvalue weighted by Crippen LogP contribution is 2.18. The first kappa shape index (κ1) is 17.0. The molecular weight excluding hydrogens is 321 g/mol. The normalized spacial score (nSPS) is 11.6. The van der Waals surface area contributed by atoms with Gasteiger partial charge in [0.15, 0.2) is 6.61 Å². The second-order valence-corrected chi connectivity index (χ2v) is 5.31. The first-order valence-electron chi connectivity index (χ1n) is 6.94. The number of ether oxygens (including phenoxy) is 1. The first-order valence-corrected chi connectivity index (χ1v) is 7.31. The van der Waals surface area contributed by atoms with E-state index in [-0.39, 0.29) is 16.6 Å². The molecule has 4 nitrogen and oxygen atoms in total. The largest absolute Gasteiger partial charge is 0.452 e. The molecule has 120 valence electrons. The molecule has 0 bridgehead atoms. The number of amides is 1. The zero-order valence-electron chi connectivity index (χ0n) is 12.4. The molecule has 2 aromatic carbocycles. The van der Waals surface area contributed by atoms with Gasteiger partial charge in [-0.05, 0) is 30.7 Å². The van der Waals surface area contributed by atoms with E-state index in [0.717, 1.165) is 17.7 Å². The maximum Gasteiger partial charge on any atom is 0.340 e. The number of halogens is 2. The second kappa shape index (κ2) is 7.74. The Kier molecular flexibility index (Phi) is 5.71. The van der Waals surface area contributed by atoms with Crippen LogP contribution in [0.15, 0.2) is 48.5 Å². The van der Waals surface area contributed by atoms with Crippen molar-refractivity contribution in [1.82, 2.24) is 5.32 Å². The van der Waals surface area contributed by atoms with Crippen LogP contribution >= 0.6 is 11.6 Å². The first-order chi connectivity index (χ1) is 11.0. The van der Waals surface area contributed by atoms with E-state index < -0.39 is 24.3 Å². The molecule has 0 heterocycles. The third-order valence-electron chi connectivity index (χ3n) is 3.16. The van der Waals surface area contributed by atoms with Crippen LogP contribution in [-0.2, 0) is 9.53 Å². The minimum absolute atomic E-state index is 0.0111. The summed E-state index contributed by atoms with van der Waals surface area (Å²) in [5, 5.41) is 2.66. The minimum Gasteiger partial charge on any atom is -0.452 e. The van der Waals surface area contributed by atoms with E-state index >= 15 is 0 Å². The van der Waals surface area contributed by atoms with Crippen molar-refractivity contribution in [2.75, 3.05) is 6.61 Å². The molecule has 0 radical (unpaired) electrons. The summed E-state index contributed by atoms with van der Waals surface area (Å²) in [5.41, 5.74) is 0.950. The van der Waals surface area contributed by atoms with E-state index in [2.05, 4.69) is 5.32 Å². The molecule has 0 fully saturated rings. The third-order valence-corrected chi connectivity index (χ3v) is 3.48. The Labute approximate surface area is 138 Å². The second-order valence-electron chi connectivity index (χ2n) is 4.90. The average Bonchev–Trinajstić information content (AvgIpc) is 2.53. The SMILES string of the molecule is C[C@H](NC(=O)COC(=O)c1ccc(F)cc1Cl)c1ccccc1. The maximum atomic E-state index is 12.9. The van der Waals surface area contributed by atoms with Gasteiger partial charge in [0.05, 0.1) is 16.6 Å². The zero-order valence-corrected chi connectivity index (χ0v) is 13.1. The highest BCUT2D eigenvalue weighted by molar-refractivity contribution is 6.33. The number of hydrogen-bond acceptors (Lipinski definition) is 3. The number of rotatable bonds is 5. The molecule has 2 rings (SSSR count). The fourth-order valence-corrected chi connectivity index (χ4v) is 2.22. The molecule has 1 amide bonds. The molecule has 23 heavy (non-hydrogen) atoms. The van der Waals surface area contributed by atoms with Gasteiger partial charge >= 0.3 is 5.97 Å². The lowest BCUT2D eigenvalue weighted by atomic mass is 10.1. The molecule has 0 saturated heterocycles. The fourth-order valence-electron chi connectivity index (χ4n) is 1.97. The van der Waals surface area contributed by atoms with Gasteiger partial charge in [-0.25, -0.2) is 9.18 Å². The molecular formula is C17H15ClFNO3. The molecule has 0 spiro atoms. The monoisotopic (exact) mass is 335 g/mol. The van der Waals surface area contributed by atoms with E-state index in [1.807, 2.05) is 37.3 Å². The highest BCUT2D eigenvalue weighted by atomic mass is 35.5. The Bertz CT molecular complexity index is 706. The van der Waals surface area contributed by atoms with Crippen LogP contribution in [0.25, 0.3) is 0 Å². The Hall–Kier alpha value is -2.40. The minimum atomic E-state index is -0.780. The summed E-state index contributed by atoms with van der Waals surface area (Å²) in [4.78, 5) is 23.6. The quantitative estimate of drug-likeness (QED) is 0.851. The molecule has 1 N–H and O–H groups in total. The Balaban J connectivity index is 1.88. The van der Waals surface area contributed by atoms with Crippen LogP contribution in [0, 0.1) is 5.82 Å². The van der Waals surface area contributed by atoms with Crippen molar-refractivity contribution in [2.45, 2.75) is 13.0 Å². The van der Waals surface area contributed by atoms with E-state index in [0.29, 0.717) is 0 Å². The van der Waals surface area contributed by atoms with Crippen molar-refractivity contribution in [3.63, 3.8) is 0 Å². The van der Waals surface area contributed by atoms with Crippen LogP contribution in [0.5, 0.6) is 0 Å². The number of hydrogen-bond donors (Lipinski definition) is 1. The summed E-state index contributed by atoms with van der Waals surface area (Å²) < 4.78 is 17.8. The van der Waals surface area contributed by atoms with Gasteiger partial charge in [0.1, 0.15) is 5.82 Å². The van der Waals surface area contributed by atoms with Gasteiger partial charge < -0.3 is 10.1 Å². The van der Waals surface area contributed by atoms with Crippen molar-refractivity contribution in [2.24, 2.45) is 0 Å².